The minimum absolute atomic E-state index is 0.135. The lowest BCUT2D eigenvalue weighted by Gasteiger charge is -2.13. The average Bonchev–Trinajstić information content (AvgIpc) is 3.43. The van der Waals surface area contributed by atoms with Gasteiger partial charge in [-0.15, -0.1) is 5.10 Å². The third-order valence-corrected chi connectivity index (χ3v) is 6.14. The first-order chi connectivity index (χ1) is 17.3. The van der Waals surface area contributed by atoms with E-state index in [4.69, 9.17) is 0 Å². The molecule has 9 heteroatoms. The van der Waals surface area contributed by atoms with Gasteiger partial charge >= 0.3 is 0 Å². The molecule has 0 fully saturated rings. The summed E-state index contributed by atoms with van der Waals surface area (Å²) in [4.78, 5) is 34.0. The molecule has 0 aliphatic carbocycles. The van der Waals surface area contributed by atoms with Crippen molar-refractivity contribution in [1.29, 1.82) is 0 Å². The van der Waals surface area contributed by atoms with Gasteiger partial charge < -0.3 is 9.88 Å². The molecule has 0 saturated heterocycles. The van der Waals surface area contributed by atoms with Gasteiger partial charge in [-0.1, -0.05) is 26.0 Å². The van der Waals surface area contributed by atoms with Crippen LogP contribution in [0.1, 0.15) is 42.9 Å². The van der Waals surface area contributed by atoms with Crippen LogP contribution in [0.2, 0.25) is 0 Å². The molecule has 0 aliphatic heterocycles. The van der Waals surface area contributed by atoms with E-state index in [-0.39, 0.29) is 29.7 Å². The molecule has 0 unspecified atom stereocenters. The monoisotopic (exact) mass is 481 g/mol. The fourth-order valence-electron chi connectivity index (χ4n) is 4.10. The SMILES string of the molecule is CC(C)C(=O)Nc1nc2cc(-c3ccc4c(c3)c(C(=O)N[C@H](C)c3ccccn3)cn4C)ccn2n1. The van der Waals surface area contributed by atoms with E-state index in [0.29, 0.717) is 11.2 Å². The molecule has 182 valence electrons. The number of nitrogens with one attached hydrogen (secondary N) is 2. The molecule has 1 aromatic carbocycles. The van der Waals surface area contributed by atoms with Crippen LogP contribution in [0.3, 0.4) is 0 Å². The lowest BCUT2D eigenvalue weighted by molar-refractivity contribution is -0.118. The number of aryl methyl sites for hydroxylation is 1. The van der Waals surface area contributed by atoms with Crippen LogP contribution in [0.25, 0.3) is 27.7 Å². The Balaban J connectivity index is 1.46. The summed E-state index contributed by atoms with van der Waals surface area (Å²) in [6.07, 6.45) is 5.37. The van der Waals surface area contributed by atoms with E-state index < -0.39 is 0 Å². The molecule has 0 spiro atoms. The van der Waals surface area contributed by atoms with Gasteiger partial charge in [0.2, 0.25) is 11.9 Å². The van der Waals surface area contributed by atoms with E-state index in [1.807, 2.05) is 87.1 Å². The molecule has 9 nitrogen and oxygen atoms in total. The zero-order valence-electron chi connectivity index (χ0n) is 20.6. The third kappa shape index (κ3) is 4.43. The molecule has 0 aliphatic rings. The Bertz CT molecular complexity index is 1580. The number of anilines is 1. The van der Waals surface area contributed by atoms with Crippen molar-refractivity contribution >= 4 is 34.3 Å². The minimum atomic E-state index is -0.224. The second-order valence-corrected chi connectivity index (χ2v) is 9.13. The van der Waals surface area contributed by atoms with Crippen LogP contribution < -0.4 is 10.6 Å². The minimum Gasteiger partial charge on any atom is -0.350 e. The number of nitrogens with zero attached hydrogens (tertiary/aromatic N) is 5. The molecule has 0 radical (unpaired) electrons. The molecule has 4 heterocycles. The maximum absolute atomic E-state index is 13.2. The lowest BCUT2D eigenvalue weighted by Crippen LogP contribution is -2.27. The highest BCUT2D eigenvalue weighted by Crippen LogP contribution is 2.29. The number of rotatable bonds is 6. The summed E-state index contributed by atoms with van der Waals surface area (Å²) in [6.45, 7) is 5.55. The highest BCUT2D eigenvalue weighted by molar-refractivity contribution is 6.08. The summed E-state index contributed by atoms with van der Waals surface area (Å²) >= 11 is 0. The van der Waals surface area contributed by atoms with Gasteiger partial charge in [-0.05, 0) is 54.4 Å². The Morgan fingerprint density at radius 2 is 1.81 bits per heavy atom. The molecular weight excluding hydrogens is 454 g/mol. The molecular formula is C27H27N7O2. The molecule has 5 aromatic rings. The standard InChI is InChI=1S/C27H27N7O2/c1-16(2)25(35)31-27-30-24-14-19(10-12-34(24)32-27)18-8-9-23-20(13-18)21(15-33(23)4)26(36)29-17(3)22-7-5-6-11-28-22/h5-17H,1-4H3,(H,29,36)(H,31,32,35)/t17-/m1/s1. The van der Waals surface area contributed by atoms with Crippen molar-refractivity contribution in [3.8, 4) is 11.1 Å². The zero-order valence-corrected chi connectivity index (χ0v) is 20.6. The van der Waals surface area contributed by atoms with Crippen LogP contribution in [-0.2, 0) is 11.8 Å². The molecule has 2 N–H and O–H groups in total. The third-order valence-electron chi connectivity index (χ3n) is 6.14. The van der Waals surface area contributed by atoms with Crippen molar-refractivity contribution in [2.75, 3.05) is 5.32 Å². The number of hydrogen-bond acceptors (Lipinski definition) is 5. The van der Waals surface area contributed by atoms with Crippen LogP contribution >= 0.6 is 0 Å². The topological polar surface area (TPSA) is 106 Å². The number of pyridine rings is 2. The van der Waals surface area contributed by atoms with Crippen molar-refractivity contribution in [1.82, 2.24) is 29.5 Å². The van der Waals surface area contributed by atoms with Crippen LogP contribution in [0, 0.1) is 5.92 Å². The summed E-state index contributed by atoms with van der Waals surface area (Å²) < 4.78 is 3.57. The summed E-state index contributed by atoms with van der Waals surface area (Å²) in [5.74, 6) is -0.188. The predicted octanol–water partition coefficient (Wildman–Crippen LogP) is 4.37. The molecule has 36 heavy (non-hydrogen) atoms. The number of carbonyl (C=O) groups is 2. The van der Waals surface area contributed by atoms with Crippen molar-refractivity contribution in [2.24, 2.45) is 13.0 Å². The number of benzene rings is 1. The van der Waals surface area contributed by atoms with Gasteiger partial charge in [-0.3, -0.25) is 19.9 Å². The summed E-state index contributed by atoms with van der Waals surface area (Å²) in [6, 6.07) is 15.3. The van der Waals surface area contributed by atoms with E-state index in [0.717, 1.165) is 27.7 Å². The van der Waals surface area contributed by atoms with Crippen LogP contribution in [0.5, 0.6) is 0 Å². The van der Waals surface area contributed by atoms with Gasteiger partial charge in [0.05, 0.1) is 17.3 Å². The van der Waals surface area contributed by atoms with Crippen LogP contribution in [0.15, 0.2) is 67.1 Å². The van der Waals surface area contributed by atoms with E-state index in [1.165, 1.54) is 0 Å². The Hall–Kier alpha value is -4.53. The van der Waals surface area contributed by atoms with Crippen molar-refractivity contribution < 1.29 is 9.59 Å². The fourth-order valence-corrected chi connectivity index (χ4v) is 4.10. The van der Waals surface area contributed by atoms with Gasteiger partial charge in [0.1, 0.15) is 0 Å². The van der Waals surface area contributed by atoms with Crippen molar-refractivity contribution in [2.45, 2.75) is 26.8 Å². The van der Waals surface area contributed by atoms with E-state index >= 15 is 0 Å². The average molecular weight is 482 g/mol. The molecule has 0 saturated carbocycles. The van der Waals surface area contributed by atoms with E-state index in [9.17, 15) is 9.59 Å². The van der Waals surface area contributed by atoms with Gasteiger partial charge in [0.15, 0.2) is 5.65 Å². The highest BCUT2D eigenvalue weighted by atomic mass is 16.2. The molecule has 0 bridgehead atoms. The Morgan fingerprint density at radius 3 is 2.56 bits per heavy atom. The fraction of sp³-hybridized carbons (Fsp3) is 0.222. The van der Waals surface area contributed by atoms with E-state index in [2.05, 4.69) is 25.7 Å². The highest BCUT2D eigenvalue weighted by Gasteiger charge is 2.18. The number of hydrogen-bond donors (Lipinski definition) is 2. The summed E-state index contributed by atoms with van der Waals surface area (Å²) in [5, 5.41) is 11.0. The van der Waals surface area contributed by atoms with Gasteiger partial charge in [0.25, 0.3) is 5.91 Å². The van der Waals surface area contributed by atoms with Crippen LogP contribution in [0.4, 0.5) is 5.95 Å². The molecule has 2 amide bonds. The predicted molar refractivity (Wildman–Crippen MR) is 138 cm³/mol. The lowest BCUT2D eigenvalue weighted by atomic mass is 10.0. The second-order valence-electron chi connectivity index (χ2n) is 9.13. The summed E-state index contributed by atoms with van der Waals surface area (Å²) in [5.41, 5.74) is 4.84. The first-order valence-corrected chi connectivity index (χ1v) is 11.8. The number of amides is 2. The smallest absolute Gasteiger partial charge is 0.253 e. The first kappa shape index (κ1) is 23.2. The Labute approximate surface area is 208 Å². The number of carbonyl (C=O) groups excluding carboxylic acids is 2. The van der Waals surface area contributed by atoms with Crippen molar-refractivity contribution in [3.63, 3.8) is 0 Å². The van der Waals surface area contributed by atoms with Gasteiger partial charge in [-0.2, -0.15) is 4.98 Å². The first-order valence-electron chi connectivity index (χ1n) is 11.8. The number of fused-ring (bicyclic) bond motifs is 2. The normalized spacial score (nSPS) is 12.2. The number of aromatic nitrogens is 5. The van der Waals surface area contributed by atoms with Gasteiger partial charge in [-0.25, -0.2) is 4.52 Å². The molecule has 1 atom stereocenters. The quantitative estimate of drug-likeness (QED) is 0.375. The maximum atomic E-state index is 13.2. The second kappa shape index (κ2) is 9.26. The van der Waals surface area contributed by atoms with Crippen LogP contribution in [-0.4, -0.2) is 36.0 Å². The Morgan fingerprint density at radius 1 is 1.00 bits per heavy atom. The summed E-state index contributed by atoms with van der Waals surface area (Å²) in [7, 11) is 1.93. The molecule has 5 rings (SSSR count). The molecule has 4 aromatic heterocycles. The maximum Gasteiger partial charge on any atom is 0.253 e. The van der Waals surface area contributed by atoms with E-state index in [1.54, 1.807) is 16.9 Å². The van der Waals surface area contributed by atoms with Crippen molar-refractivity contribution in [3.05, 3.63) is 78.4 Å². The van der Waals surface area contributed by atoms with Gasteiger partial charge in [0, 0.05) is 42.5 Å². The Kier molecular flexibility index (Phi) is 5.97. The zero-order chi connectivity index (χ0) is 25.4. The largest absolute Gasteiger partial charge is 0.350 e.